The molecule has 5 rings (SSSR count). The molecule has 0 fully saturated rings. The average Bonchev–Trinajstić information content (AvgIpc) is 3.08. The first-order valence-corrected chi connectivity index (χ1v) is 12.2. The molecule has 3 heterocycles. The Morgan fingerprint density at radius 2 is 1.77 bits per heavy atom. The lowest BCUT2D eigenvalue weighted by molar-refractivity contribution is 0.297. The van der Waals surface area contributed by atoms with E-state index in [0.717, 1.165) is 26.9 Å². The van der Waals surface area contributed by atoms with Crippen molar-refractivity contribution >= 4 is 31.4 Å². The van der Waals surface area contributed by atoms with Gasteiger partial charge in [0.15, 0.2) is 11.5 Å². The summed E-state index contributed by atoms with van der Waals surface area (Å²) < 4.78 is 42.0. The first kappa shape index (κ1) is 20.0. The molecule has 1 unspecified atom stereocenters. The molecular weight excluding hydrogens is 432 g/mol. The Labute approximate surface area is 184 Å². The van der Waals surface area contributed by atoms with Gasteiger partial charge in [0.1, 0.15) is 0 Å². The van der Waals surface area contributed by atoms with Gasteiger partial charge in [-0.3, -0.25) is 4.98 Å². The van der Waals surface area contributed by atoms with Crippen LogP contribution in [0.25, 0.3) is 10.1 Å². The summed E-state index contributed by atoms with van der Waals surface area (Å²) in [6, 6.07) is 17.7. The Hall–Kier alpha value is -2.94. The van der Waals surface area contributed by atoms with Crippen LogP contribution < -0.4 is 14.2 Å². The van der Waals surface area contributed by atoms with Crippen molar-refractivity contribution in [1.29, 1.82) is 0 Å². The maximum Gasteiger partial charge on any atom is 0.241 e. The van der Waals surface area contributed by atoms with E-state index < -0.39 is 16.1 Å². The molecule has 1 aliphatic heterocycles. The number of hydrogen-bond acceptors (Lipinski definition) is 6. The largest absolute Gasteiger partial charge is 0.490 e. The highest BCUT2D eigenvalue weighted by Crippen LogP contribution is 2.35. The molecule has 1 N–H and O–H groups in total. The summed E-state index contributed by atoms with van der Waals surface area (Å²) in [5.41, 5.74) is 0.861. The molecule has 0 saturated carbocycles. The molecule has 0 aliphatic carbocycles. The highest BCUT2D eigenvalue weighted by atomic mass is 32.2. The first-order valence-electron chi connectivity index (χ1n) is 9.90. The lowest BCUT2D eigenvalue weighted by Crippen LogP contribution is -2.29. The van der Waals surface area contributed by atoms with Gasteiger partial charge in [0, 0.05) is 39.8 Å². The third-order valence-corrected chi connectivity index (χ3v) is 7.66. The zero-order valence-electron chi connectivity index (χ0n) is 16.5. The van der Waals surface area contributed by atoms with Crippen LogP contribution in [0.4, 0.5) is 0 Å². The summed E-state index contributed by atoms with van der Waals surface area (Å²) in [4.78, 5) is 5.21. The molecule has 0 saturated heterocycles. The van der Waals surface area contributed by atoms with Crippen molar-refractivity contribution in [3.05, 3.63) is 83.5 Å². The number of aromatic nitrogens is 1. The van der Waals surface area contributed by atoms with Crippen molar-refractivity contribution in [2.24, 2.45) is 0 Å². The summed E-state index contributed by atoms with van der Waals surface area (Å²) in [7, 11) is -3.83. The van der Waals surface area contributed by atoms with Crippen LogP contribution in [0.15, 0.2) is 78.0 Å². The summed E-state index contributed by atoms with van der Waals surface area (Å²) in [5, 5.41) is 0.984. The van der Waals surface area contributed by atoms with Crippen LogP contribution in [-0.4, -0.2) is 26.6 Å². The van der Waals surface area contributed by atoms with Crippen molar-refractivity contribution < 1.29 is 17.9 Å². The molecule has 31 heavy (non-hydrogen) atoms. The molecule has 1 atom stereocenters. The van der Waals surface area contributed by atoms with Gasteiger partial charge in [-0.05, 0) is 29.8 Å². The summed E-state index contributed by atoms with van der Waals surface area (Å²) >= 11 is 1.55. The highest BCUT2D eigenvalue weighted by Gasteiger charge is 2.26. The molecule has 1 aliphatic rings. The number of ether oxygens (including phenoxy) is 2. The van der Waals surface area contributed by atoms with E-state index in [1.54, 1.807) is 35.9 Å². The van der Waals surface area contributed by atoms with Crippen LogP contribution >= 0.6 is 11.3 Å². The minimum atomic E-state index is -3.83. The lowest BCUT2D eigenvalue weighted by Gasteiger charge is -2.19. The average molecular weight is 453 g/mol. The van der Waals surface area contributed by atoms with Gasteiger partial charge in [-0.2, -0.15) is 4.72 Å². The van der Waals surface area contributed by atoms with Crippen molar-refractivity contribution in [3.63, 3.8) is 0 Å². The lowest BCUT2D eigenvalue weighted by atomic mass is 10.1. The molecule has 0 bridgehead atoms. The van der Waals surface area contributed by atoms with Gasteiger partial charge in [0.05, 0.1) is 24.2 Å². The normalized spacial score (nSPS) is 14.8. The predicted molar refractivity (Wildman–Crippen MR) is 120 cm³/mol. The van der Waals surface area contributed by atoms with Gasteiger partial charge in [-0.1, -0.05) is 30.3 Å². The SMILES string of the molecule is O=S(=O)(NC(c1ccccc1)c1cc2cnccc2s1)c1ccc2c(c1)OCCCO2. The second-order valence-electron chi connectivity index (χ2n) is 7.19. The smallest absolute Gasteiger partial charge is 0.241 e. The van der Waals surface area contributed by atoms with Crippen LogP contribution in [0.1, 0.15) is 22.9 Å². The molecule has 6 nitrogen and oxygen atoms in total. The fourth-order valence-electron chi connectivity index (χ4n) is 3.52. The number of sulfonamides is 1. The monoisotopic (exact) mass is 452 g/mol. The number of pyridine rings is 1. The van der Waals surface area contributed by atoms with E-state index in [-0.39, 0.29) is 4.90 Å². The number of nitrogens with one attached hydrogen (secondary N) is 1. The van der Waals surface area contributed by atoms with E-state index in [4.69, 9.17) is 9.47 Å². The maximum atomic E-state index is 13.4. The Morgan fingerprint density at radius 1 is 0.968 bits per heavy atom. The molecular formula is C23H20N2O4S2. The molecule has 2 aromatic carbocycles. The Bertz CT molecular complexity index is 1290. The fourth-order valence-corrected chi connectivity index (χ4v) is 5.92. The fraction of sp³-hybridized carbons (Fsp3) is 0.174. The van der Waals surface area contributed by atoms with E-state index >= 15 is 0 Å². The molecule has 0 amide bonds. The summed E-state index contributed by atoms with van der Waals surface area (Å²) in [5.74, 6) is 1.01. The van der Waals surface area contributed by atoms with E-state index in [1.807, 2.05) is 42.5 Å². The van der Waals surface area contributed by atoms with Gasteiger partial charge < -0.3 is 9.47 Å². The summed E-state index contributed by atoms with van der Waals surface area (Å²) in [6.45, 7) is 1.04. The molecule has 0 radical (unpaired) electrons. The number of rotatable bonds is 5. The first-order chi connectivity index (χ1) is 15.1. The van der Waals surface area contributed by atoms with Crippen molar-refractivity contribution in [1.82, 2.24) is 9.71 Å². The van der Waals surface area contributed by atoms with E-state index in [9.17, 15) is 8.42 Å². The van der Waals surface area contributed by atoms with Gasteiger partial charge in [0.25, 0.3) is 0 Å². The second-order valence-corrected chi connectivity index (χ2v) is 10.0. The third kappa shape index (κ3) is 4.14. The second kappa shape index (κ2) is 8.30. The Balaban J connectivity index is 1.54. The van der Waals surface area contributed by atoms with E-state index in [1.165, 1.54) is 6.07 Å². The number of thiophene rings is 1. The topological polar surface area (TPSA) is 77.5 Å². The van der Waals surface area contributed by atoms with Crippen molar-refractivity contribution in [3.8, 4) is 11.5 Å². The molecule has 4 aromatic rings. The van der Waals surface area contributed by atoms with Crippen LogP contribution in [0.2, 0.25) is 0 Å². The highest BCUT2D eigenvalue weighted by molar-refractivity contribution is 7.89. The molecule has 158 valence electrons. The molecule has 0 spiro atoms. The number of hydrogen-bond donors (Lipinski definition) is 1. The van der Waals surface area contributed by atoms with Crippen molar-refractivity contribution in [2.75, 3.05) is 13.2 Å². The predicted octanol–water partition coefficient (Wildman–Crippen LogP) is 4.53. The number of benzene rings is 2. The van der Waals surface area contributed by atoms with Crippen LogP contribution in [0.5, 0.6) is 11.5 Å². The zero-order chi connectivity index (χ0) is 21.3. The number of fused-ring (bicyclic) bond motifs is 2. The van der Waals surface area contributed by atoms with Gasteiger partial charge >= 0.3 is 0 Å². The minimum Gasteiger partial charge on any atom is -0.490 e. The summed E-state index contributed by atoms with van der Waals surface area (Å²) in [6.07, 6.45) is 4.28. The van der Waals surface area contributed by atoms with Crippen LogP contribution in [0, 0.1) is 0 Å². The van der Waals surface area contributed by atoms with Gasteiger partial charge in [0.2, 0.25) is 10.0 Å². The molecule has 8 heteroatoms. The Kier molecular flexibility index (Phi) is 5.35. The minimum absolute atomic E-state index is 0.139. The van der Waals surface area contributed by atoms with Gasteiger partial charge in [-0.25, -0.2) is 8.42 Å². The van der Waals surface area contributed by atoms with Crippen LogP contribution in [0.3, 0.4) is 0 Å². The van der Waals surface area contributed by atoms with E-state index in [2.05, 4.69) is 9.71 Å². The zero-order valence-corrected chi connectivity index (χ0v) is 18.2. The van der Waals surface area contributed by atoms with Gasteiger partial charge in [-0.15, -0.1) is 11.3 Å². The van der Waals surface area contributed by atoms with E-state index in [0.29, 0.717) is 24.7 Å². The Morgan fingerprint density at radius 3 is 2.58 bits per heavy atom. The quantitative estimate of drug-likeness (QED) is 0.482. The maximum absolute atomic E-state index is 13.4. The van der Waals surface area contributed by atoms with Crippen LogP contribution in [-0.2, 0) is 10.0 Å². The number of nitrogens with zero attached hydrogens (tertiary/aromatic N) is 1. The molecule has 2 aromatic heterocycles. The standard InChI is InChI=1S/C23H20N2O4S2/c26-31(27,18-7-8-19-20(14-18)29-12-4-11-28-19)25-23(16-5-2-1-3-6-16)22-13-17-15-24-10-9-21(17)30-22/h1-3,5-10,13-15,23,25H,4,11-12H2. The third-order valence-electron chi connectivity index (χ3n) is 5.06. The van der Waals surface area contributed by atoms with Crippen molar-refractivity contribution in [2.45, 2.75) is 17.4 Å².